The van der Waals surface area contributed by atoms with Gasteiger partial charge >= 0.3 is 5.97 Å². The van der Waals surface area contributed by atoms with Crippen molar-refractivity contribution in [1.29, 1.82) is 0 Å². The highest BCUT2D eigenvalue weighted by Crippen LogP contribution is 2.40. The van der Waals surface area contributed by atoms with Gasteiger partial charge in [0.25, 0.3) is 0 Å². The molecule has 124 valence electrons. The monoisotopic (exact) mass is 343 g/mol. The first-order valence-electron chi connectivity index (χ1n) is 7.47. The van der Waals surface area contributed by atoms with Crippen LogP contribution in [0.5, 0.6) is 5.75 Å². The highest BCUT2D eigenvalue weighted by molar-refractivity contribution is 8.01. The maximum atomic E-state index is 12.6. The molecule has 0 aliphatic carbocycles. The van der Waals surface area contributed by atoms with Gasteiger partial charge in [-0.2, -0.15) is 0 Å². The Balaban J connectivity index is 2.07. The van der Waals surface area contributed by atoms with E-state index in [2.05, 4.69) is 0 Å². The topological polar surface area (TPSA) is 66.8 Å². The summed E-state index contributed by atoms with van der Waals surface area (Å²) in [6.45, 7) is 0. The minimum absolute atomic E-state index is 0.100. The van der Waals surface area contributed by atoms with Crippen molar-refractivity contribution in [3.05, 3.63) is 60.2 Å². The van der Waals surface area contributed by atoms with Crippen molar-refractivity contribution in [3.63, 3.8) is 0 Å². The number of amides is 1. The van der Waals surface area contributed by atoms with Crippen LogP contribution in [-0.4, -0.2) is 35.1 Å². The number of hydrogen-bond acceptors (Lipinski definition) is 4. The Morgan fingerprint density at radius 3 is 2.42 bits per heavy atom. The van der Waals surface area contributed by atoms with Gasteiger partial charge in [-0.15, -0.1) is 11.8 Å². The maximum Gasteiger partial charge on any atom is 0.319 e. The summed E-state index contributed by atoms with van der Waals surface area (Å²) in [4.78, 5) is 25.9. The quantitative estimate of drug-likeness (QED) is 0.924. The van der Waals surface area contributed by atoms with Crippen molar-refractivity contribution in [2.75, 3.05) is 17.8 Å². The molecule has 0 bridgehead atoms. The molecule has 2 aromatic rings. The molecule has 3 rings (SSSR count). The zero-order valence-corrected chi connectivity index (χ0v) is 13.9. The second-order valence-corrected chi connectivity index (χ2v) is 6.52. The number of aliphatic carboxylic acids is 1. The number of carbonyl (C=O) groups excluding carboxylic acids is 1. The number of nitrogens with zero attached hydrogens (tertiary/aromatic N) is 1. The average Bonchev–Trinajstić information content (AvgIpc) is 2.62. The summed E-state index contributed by atoms with van der Waals surface area (Å²) in [5, 5.41) is 8.91. The lowest BCUT2D eigenvalue weighted by molar-refractivity contribution is -0.137. The number of methoxy groups -OCH3 is 1. The van der Waals surface area contributed by atoms with Crippen LogP contribution in [0, 0.1) is 0 Å². The van der Waals surface area contributed by atoms with Gasteiger partial charge in [0.05, 0.1) is 18.9 Å². The lowest BCUT2D eigenvalue weighted by Gasteiger charge is -2.39. The fraction of sp³-hybridized carbons (Fsp3) is 0.222. The van der Waals surface area contributed by atoms with E-state index in [1.807, 2.05) is 30.3 Å². The lowest BCUT2D eigenvalue weighted by Crippen LogP contribution is -2.48. The zero-order chi connectivity index (χ0) is 17.1. The molecule has 0 unspecified atom stereocenters. The lowest BCUT2D eigenvalue weighted by atomic mass is 10.00. The van der Waals surface area contributed by atoms with Gasteiger partial charge in [-0.25, -0.2) is 0 Å². The summed E-state index contributed by atoms with van der Waals surface area (Å²) in [6, 6.07) is 15.8. The molecule has 1 saturated heterocycles. The summed E-state index contributed by atoms with van der Waals surface area (Å²) in [7, 11) is 1.57. The highest BCUT2D eigenvalue weighted by Gasteiger charge is 2.42. The molecule has 1 heterocycles. The molecule has 24 heavy (non-hydrogen) atoms. The Morgan fingerprint density at radius 2 is 1.83 bits per heavy atom. The summed E-state index contributed by atoms with van der Waals surface area (Å²) in [5.41, 5.74) is 1.47. The van der Waals surface area contributed by atoms with Gasteiger partial charge in [-0.3, -0.25) is 9.59 Å². The second-order valence-electron chi connectivity index (χ2n) is 5.39. The highest BCUT2D eigenvalue weighted by atomic mass is 32.2. The first-order valence-corrected chi connectivity index (χ1v) is 8.52. The Bertz CT molecular complexity index is 732. The van der Waals surface area contributed by atoms with Crippen molar-refractivity contribution >= 4 is 29.3 Å². The molecule has 0 aromatic heterocycles. The smallest absolute Gasteiger partial charge is 0.319 e. The third-order valence-electron chi connectivity index (χ3n) is 3.96. The molecule has 5 nitrogen and oxygen atoms in total. The Hall–Kier alpha value is -2.47. The fourth-order valence-electron chi connectivity index (χ4n) is 2.84. The van der Waals surface area contributed by atoms with Gasteiger partial charge in [-0.05, 0) is 29.8 Å². The number of carboxylic acids is 1. The number of carbonyl (C=O) groups is 2. The predicted octanol–water partition coefficient (Wildman–Crippen LogP) is 2.97. The second kappa shape index (κ2) is 6.97. The molecule has 2 atom stereocenters. The standard InChI is InChI=1S/C18H17NO4S/c1-23-14-9-7-13(8-10-14)19-15(20)11-24-17(18(21)22)16(19)12-5-3-2-4-6-12/h2-10,16-17H,11H2,1H3,(H,21,22)/t16-,17+/m1/s1. The van der Waals surface area contributed by atoms with Crippen LogP contribution in [0.15, 0.2) is 54.6 Å². The van der Waals surface area contributed by atoms with Crippen LogP contribution in [0.3, 0.4) is 0 Å². The van der Waals surface area contributed by atoms with E-state index in [9.17, 15) is 14.7 Å². The third-order valence-corrected chi connectivity index (χ3v) is 5.19. The number of thioether (sulfide) groups is 1. The molecule has 0 spiro atoms. The zero-order valence-electron chi connectivity index (χ0n) is 13.1. The molecule has 0 saturated carbocycles. The SMILES string of the molecule is COc1ccc(N2C(=O)CS[C@H](C(=O)O)[C@H]2c2ccccc2)cc1. The van der Waals surface area contributed by atoms with Gasteiger partial charge in [-0.1, -0.05) is 30.3 Å². The molecular weight excluding hydrogens is 326 g/mol. The van der Waals surface area contributed by atoms with Gasteiger partial charge in [0.15, 0.2) is 0 Å². The van der Waals surface area contributed by atoms with Gasteiger partial charge < -0.3 is 14.7 Å². The maximum absolute atomic E-state index is 12.6. The van der Waals surface area contributed by atoms with E-state index < -0.39 is 17.3 Å². The van der Waals surface area contributed by atoms with Gasteiger partial charge in [0.2, 0.25) is 5.91 Å². The molecule has 1 aliphatic heterocycles. The minimum atomic E-state index is -0.917. The molecule has 1 fully saturated rings. The largest absolute Gasteiger partial charge is 0.497 e. The van der Waals surface area contributed by atoms with Crippen LogP contribution in [0.2, 0.25) is 0 Å². The number of benzene rings is 2. The molecule has 1 amide bonds. The fourth-order valence-corrected chi connectivity index (χ4v) is 3.91. The van der Waals surface area contributed by atoms with E-state index in [1.165, 1.54) is 11.8 Å². The van der Waals surface area contributed by atoms with Crippen molar-refractivity contribution in [1.82, 2.24) is 0 Å². The van der Waals surface area contributed by atoms with Crippen LogP contribution in [0.4, 0.5) is 5.69 Å². The summed E-state index contributed by atoms with van der Waals surface area (Å²) < 4.78 is 5.15. The van der Waals surface area contributed by atoms with E-state index in [-0.39, 0.29) is 11.7 Å². The molecule has 1 aliphatic rings. The van der Waals surface area contributed by atoms with Crippen molar-refractivity contribution < 1.29 is 19.4 Å². The third kappa shape index (κ3) is 3.10. The summed E-state index contributed by atoms with van der Waals surface area (Å²) >= 11 is 1.17. The Labute approximate surface area is 144 Å². The van der Waals surface area contributed by atoms with Crippen molar-refractivity contribution in [2.45, 2.75) is 11.3 Å². The van der Waals surface area contributed by atoms with Crippen LogP contribution in [-0.2, 0) is 9.59 Å². The number of hydrogen-bond donors (Lipinski definition) is 1. The molecule has 0 radical (unpaired) electrons. The first kappa shape index (κ1) is 16.4. The molecule has 1 N–H and O–H groups in total. The summed E-state index contributed by atoms with van der Waals surface area (Å²) in [5.74, 6) is -0.188. The van der Waals surface area contributed by atoms with E-state index in [4.69, 9.17) is 4.74 Å². The number of ether oxygens (including phenoxy) is 1. The van der Waals surface area contributed by atoms with Crippen LogP contribution < -0.4 is 9.64 Å². The van der Waals surface area contributed by atoms with E-state index >= 15 is 0 Å². The van der Waals surface area contributed by atoms with Crippen molar-refractivity contribution in [3.8, 4) is 5.75 Å². The summed E-state index contributed by atoms with van der Waals surface area (Å²) in [6.07, 6.45) is 0. The van der Waals surface area contributed by atoms with Crippen LogP contribution in [0.1, 0.15) is 11.6 Å². The molecule has 6 heteroatoms. The average molecular weight is 343 g/mol. The van der Waals surface area contributed by atoms with E-state index in [1.54, 1.807) is 36.3 Å². The Kier molecular flexibility index (Phi) is 4.76. The number of carboxylic acid groups (broad SMARTS) is 1. The Morgan fingerprint density at radius 1 is 1.17 bits per heavy atom. The van der Waals surface area contributed by atoms with Crippen LogP contribution >= 0.6 is 11.8 Å². The van der Waals surface area contributed by atoms with Gasteiger partial charge in [0, 0.05) is 5.69 Å². The minimum Gasteiger partial charge on any atom is -0.497 e. The first-order chi connectivity index (χ1) is 11.6. The molecule has 2 aromatic carbocycles. The molecular formula is C18H17NO4S. The normalized spacial score (nSPS) is 20.7. The number of rotatable bonds is 4. The van der Waals surface area contributed by atoms with E-state index in [0.29, 0.717) is 11.4 Å². The number of anilines is 1. The van der Waals surface area contributed by atoms with Gasteiger partial charge in [0.1, 0.15) is 11.0 Å². The van der Waals surface area contributed by atoms with E-state index in [0.717, 1.165) is 5.56 Å². The van der Waals surface area contributed by atoms with Crippen LogP contribution in [0.25, 0.3) is 0 Å². The predicted molar refractivity (Wildman–Crippen MR) is 93.5 cm³/mol. The van der Waals surface area contributed by atoms with Crippen molar-refractivity contribution in [2.24, 2.45) is 0 Å².